The van der Waals surface area contributed by atoms with Crippen LogP contribution in [-0.2, 0) is 17.8 Å². The van der Waals surface area contributed by atoms with Crippen LogP contribution in [0.15, 0.2) is 0 Å². The lowest BCUT2D eigenvalue weighted by Gasteiger charge is -2.35. The lowest BCUT2D eigenvalue weighted by Crippen LogP contribution is -2.48. The van der Waals surface area contributed by atoms with Gasteiger partial charge in [0.05, 0.1) is 11.5 Å². The smallest absolute Gasteiger partial charge is 0.228 e. The van der Waals surface area contributed by atoms with Gasteiger partial charge in [-0.2, -0.15) is 0 Å². The highest BCUT2D eigenvalue weighted by Crippen LogP contribution is 2.36. The third-order valence-corrected chi connectivity index (χ3v) is 5.06. The predicted octanol–water partition coefficient (Wildman–Crippen LogP) is 1.31. The van der Waals surface area contributed by atoms with Crippen molar-refractivity contribution in [3.05, 3.63) is 11.6 Å². The van der Waals surface area contributed by atoms with E-state index >= 15 is 0 Å². The summed E-state index contributed by atoms with van der Waals surface area (Å²) in [5.74, 6) is 2.00. The lowest BCUT2D eigenvalue weighted by atomic mass is 9.73. The summed E-state index contributed by atoms with van der Waals surface area (Å²) in [6, 6.07) is -0.109. The molecule has 3 rings (SSSR count). The van der Waals surface area contributed by atoms with Gasteiger partial charge in [0.15, 0.2) is 5.82 Å². The molecular formula is C15H25N5O. The number of aromatic nitrogens is 3. The average molecular weight is 291 g/mol. The molecule has 6 heteroatoms. The number of nitrogens with zero attached hydrogens (tertiary/aromatic N) is 3. The summed E-state index contributed by atoms with van der Waals surface area (Å²) >= 11 is 0. The monoisotopic (exact) mass is 291 g/mol. The number of carbonyl (C=O) groups excluding carboxylic acids is 1. The van der Waals surface area contributed by atoms with Crippen LogP contribution in [0.4, 0.5) is 0 Å². The molecule has 21 heavy (non-hydrogen) atoms. The van der Waals surface area contributed by atoms with Crippen molar-refractivity contribution in [2.24, 2.45) is 11.1 Å². The number of amides is 1. The maximum Gasteiger partial charge on any atom is 0.228 e. The predicted molar refractivity (Wildman–Crippen MR) is 79.5 cm³/mol. The second kappa shape index (κ2) is 5.75. The molecule has 0 saturated heterocycles. The van der Waals surface area contributed by atoms with E-state index in [1.807, 2.05) is 6.92 Å². The van der Waals surface area contributed by atoms with E-state index in [2.05, 4.69) is 20.1 Å². The van der Waals surface area contributed by atoms with Crippen molar-refractivity contribution in [1.82, 2.24) is 20.1 Å². The van der Waals surface area contributed by atoms with Crippen molar-refractivity contribution in [1.29, 1.82) is 0 Å². The van der Waals surface area contributed by atoms with Gasteiger partial charge in [0.1, 0.15) is 5.82 Å². The summed E-state index contributed by atoms with van der Waals surface area (Å²) in [5.41, 5.74) is 5.56. The molecule has 1 aromatic heterocycles. The number of hydrogen-bond donors (Lipinski definition) is 2. The second-order valence-corrected chi connectivity index (χ2v) is 6.47. The van der Waals surface area contributed by atoms with Gasteiger partial charge in [-0.3, -0.25) is 4.79 Å². The summed E-state index contributed by atoms with van der Waals surface area (Å²) in [6.45, 7) is 3.38. The van der Waals surface area contributed by atoms with E-state index in [9.17, 15) is 4.79 Å². The van der Waals surface area contributed by atoms with Gasteiger partial charge in [-0.25, -0.2) is 0 Å². The van der Waals surface area contributed by atoms with Gasteiger partial charge in [0, 0.05) is 19.5 Å². The first kappa shape index (κ1) is 14.5. The standard InChI is InChI=1S/C15H25N5O/c1-11(13-19-18-12-6-5-9-20(12)13)17-14(21)15(10-16)7-3-2-4-8-15/h11H,2-10,16H2,1H3,(H,17,21). The summed E-state index contributed by atoms with van der Waals surface area (Å²) in [7, 11) is 0. The summed E-state index contributed by atoms with van der Waals surface area (Å²) < 4.78 is 2.14. The van der Waals surface area contributed by atoms with Crippen molar-refractivity contribution in [2.75, 3.05) is 6.54 Å². The third kappa shape index (κ3) is 2.57. The first-order valence-corrected chi connectivity index (χ1v) is 8.09. The Labute approximate surface area is 125 Å². The molecule has 1 amide bonds. The van der Waals surface area contributed by atoms with Crippen molar-refractivity contribution in [2.45, 2.75) is 64.5 Å². The van der Waals surface area contributed by atoms with Crippen LogP contribution in [0.1, 0.15) is 63.1 Å². The Hall–Kier alpha value is -1.43. The van der Waals surface area contributed by atoms with Gasteiger partial charge in [-0.05, 0) is 26.2 Å². The fourth-order valence-electron chi connectivity index (χ4n) is 3.66. The minimum Gasteiger partial charge on any atom is -0.346 e. The molecule has 0 spiro atoms. The van der Waals surface area contributed by atoms with Gasteiger partial charge in [-0.1, -0.05) is 19.3 Å². The van der Waals surface area contributed by atoms with E-state index < -0.39 is 0 Å². The summed E-state index contributed by atoms with van der Waals surface area (Å²) in [6.07, 6.45) is 7.31. The molecule has 6 nitrogen and oxygen atoms in total. The zero-order valence-corrected chi connectivity index (χ0v) is 12.8. The van der Waals surface area contributed by atoms with E-state index in [1.165, 1.54) is 6.42 Å². The third-order valence-electron chi connectivity index (χ3n) is 5.06. The zero-order chi connectivity index (χ0) is 14.9. The molecule has 2 heterocycles. The molecule has 2 aliphatic rings. The SMILES string of the molecule is CC(NC(=O)C1(CN)CCCCC1)c1nnc2n1CCC2. The van der Waals surface area contributed by atoms with Crippen molar-refractivity contribution in [3.63, 3.8) is 0 Å². The summed E-state index contributed by atoms with van der Waals surface area (Å²) in [5, 5.41) is 11.6. The first-order chi connectivity index (χ1) is 10.2. The zero-order valence-electron chi connectivity index (χ0n) is 12.8. The van der Waals surface area contributed by atoms with E-state index in [1.54, 1.807) is 0 Å². The van der Waals surface area contributed by atoms with Crippen molar-refractivity contribution < 1.29 is 4.79 Å². The number of nitrogens with two attached hydrogens (primary N) is 1. The highest BCUT2D eigenvalue weighted by Gasteiger charge is 2.39. The maximum absolute atomic E-state index is 12.7. The van der Waals surface area contributed by atoms with Crippen LogP contribution in [0.3, 0.4) is 0 Å². The molecule has 1 fully saturated rings. The number of aryl methyl sites for hydroxylation is 1. The Kier molecular flexibility index (Phi) is 3.97. The van der Waals surface area contributed by atoms with Crippen LogP contribution in [0.2, 0.25) is 0 Å². The Morgan fingerprint density at radius 2 is 2.10 bits per heavy atom. The number of hydrogen-bond acceptors (Lipinski definition) is 4. The largest absolute Gasteiger partial charge is 0.346 e. The van der Waals surface area contributed by atoms with Gasteiger partial charge in [0.25, 0.3) is 0 Å². The van der Waals surface area contributed by atoms with E-state index in [4.69, 9.17) is 5.73 Å². The van der Waals surface area contributed by atoms with Crippen molar-refractivity contribution in [3.8, 4) is 0 Å². The molecule has 0 bridgehead atoms. The highest BCUT2D eigenvalue weighted by atomic mass is 16.2. The van der Waals surface area contributed by atoms with E-state index in [0.717, 1.165) is 56.7 Å². The topological polar surface area (TPSA) is 85.8 Å². The Bertz CT molecular complexity index is 518. The Morgan fingerprint density at radius 3 is 2.81 bits per heavy atom. The van der Waals surface area contributed by atoms with Gasteiger partial charge < -0.3 is 15.6 Å². The van der Waals surface area contributed by atoms with E-state index in [0.29, 0.717) is 6.54 Å². The minimum absolute atomic E-state index is 0.0903. The molecule has 1 saturated carbocycles. The molecule has 1 aliphatic heterocycles. The fraction of sp³-hybridized carbons (Fsp3) is 0.800. The van der Waals surface area contributed by atoms with Crippen molar-refractivity contribution >= 4 is 5.91 Å². The first-order valence-electron chi connectivity index (χ1n) is 8.09. The van der Waals surface area contributed by atoms with Crippen LogP contribution in [0.25, 0.3) is 0 Å². The quantitative estimate of drug-likeness (QED) is 0.876. The fourth-order valence-corrected chi connectivity index (χ4v) is 3.66. The van der Waals surface area contributed by atoms with Crippen LogP contribution < -0.4 is 11.1 Å². The van der Waals surface area contributed by atoms with Crippen LogP contribution in [0, 0.1) is 5.41 Å². The number of carbonyl (C=O) groups is 1. The average Bonchev–Trinajstić information content (AvgIpc) is 3.10. The molecule has 0 radical (unpaired) electrons. The van der Waals surface area contributed by atoms with Gasteiger partial charge in [-0.15, -0.1) is 10.2 Å². The number of rotatable bonds is 4. The number of nitrogens with one attached hydrogen (secondary N) is 1. The van der Waals surface area contributed by atoms with Crippen LogP contribution >= 0.6 is 0 Å². The number of fused-ring (bicyclic) bond motifs is 1. The Morgan fingerprint density at radius 1 is 1.33 bits per heavy atom. The van der Waals surface area contributed by atoms with Crippen LogP contribution in [-0.4, -0.2) is 27.2 Å². The lowest BCUT2D eigenvalue weighted by molar-refractivity contribution is -0.133. The molecule has 3 N–H and O–H groups in total. The molecular weight excluding hydrogens is 266 g/mol. The Balaban J connectivity index is 1.71. The van der Waals surface area contributed by atoms with Gasteiger partial charge in [0.2, 0.25) is 5.91 Å². The van der Waals surface area contributed by atoms with Crippen LogP contribution in [0.5, 0.6) is 0 Å². The highest BCUT2D eigenvalue weighted by molar-refractivity contribution is 5.83. The summed E-state index contributed by atoms with van der Waals surface area (Å²) in [4.78, 5) is 12.7. The van der Waals surface area contributed by atoms with E-state index in [-0.39, 0.29) is 17.4 Å². The molecule has 1 atom stereocenters. The maximum atomic E-state index is 12.7. The normalized spacial score (nSPS) is 21.8. The molecule has 0 aromatic carbocycles. The minimum atomic E-state index is -0.375. The molecule has 1 unspecified atom stereocenters. The molecule has 116 valence electrons. The van der Waals surface area contributed by atoms with Gasteiger partial charge >= 0.3 is 0 Å². The molecule has 1 aliphatic carbocycles. The second-order valence-electron chi connectivity index (χ2n) is 6.47. The molecule has 1 aromatic rings.